The molecule has 0 fully saturated rings. The van der Waals surface area contributed by atoms with Gasteiger partial charge in [0.25, 0.3) is 0 Å². The van der Waals surface area contributed by atoms with E-state index in [9.17, 15) is 0 Å². The predicted octanol–water partition coefficient (Wildman–Crippen LogP) is 2.14. The Bertz CT molecular complexity index is 208. The average molecular weight is 164 g/mol. The third-order valence-electron chi connectivity index (χ3n) is 1.91. The molecule has 0 aliphatic rings. The van der Waals surface area contributed by atoms with Crippen LogP contribution in [0.15, 0.2) is 24.5 Å². The summed E-state index contributed by atoms with van der Waals surface area (Å²) in [5.74, 6) is 0. The van der Waals surface area contributed by atoms with Gasteiger partial charge in [-0.3, -0.25) is 4.98 Å². The highest BCUT2D eigenvalue weighted by Crippen LogP contribution is 2.09. The first-order valence-electron chi connectivity index (χ1n) is 4.48. The molecule has 0 amide bonds. The van der Waals surface area contributed by atoms with E-state index in [1.54, 1.807) is 0 Å². The summed E-state index contributed by atoms with van der Waals surface area (Å²) in [4.78, 5) is 3.98. The van der Waals surface area contributed by atoms with Gasteiger partial charge in [0.15, 0.2) is 0 Å². The average Bonchev–Trinajstić information content (AvgIpc) is 2.15. The second-order valence-corrected chi connectivity index (χ2v) is 2.96. The van der Waals surface area contributed by atoms with Crippen LogP contribution in [0, 0.1) is 0 Å². The number of nitrogens with one attached hydrogen (secondary N) is 1. The smallest absolute Gasteiger partial charge is 0.0292 e. The zero-order valence-corrected chi connectivity index (χ0v) is 7.75. The van der Waals surface area contributed by atoms with E-state index in [1.807, 2.05) is 24.5 Å². The van der Waals surface area contributed by atoms with Crippen molar-refractivity contribution < 1.29 is 0 Å². The molecular formula is C10H16N2. The second-order valence-electron chi connectivity index (χ2n) is 2.96. The van der Waals surface area contributed by atoms with E-state index in [0.29, 0.717) is 6.04 Å². The zero-order valence-electron chi connectivity index (χ0n) is 7.75. The van der Waals surface area contributed by atoms with E-state index in [-0.39, 0.29) is 0 Å². The van der Waals surface area contributed by atoms with Gasteiger partial charge in [0.2, 0.25) is 0 Å². The normalized spacial score (nSPS) is 12.8. The maximum absolute atomic E-state index is 3.98. The molecule has 0 spiro atoms. The van der Waals surface area contributed by atoms with E-state index < -0.39 is 0 Å². The number of hydrogen-bond acceptors (Lipinski definition) is 2. The quantitative estimate of drug-likeness (QED) is 0.737. The molecule has 0 saturated carbocycles. The van der Waals surface area contributed by atoms with Crippen LogP contribution in [-0.4, -0.2) is 11.5 Å². The Labute approximate surface area is 74.0 Å². The molecular weight excluding hydrogens is 148 g/mol. The summed E-state index contributed by atoms with van der Waals surface area (Å²) in [5, 5.41) is 3.42. The molecule has 1 aromatic rings. The van der Waals surface area contributed by atoms with E-state index in [0.717, 1.165) is 6.54 Å². The summed E-state index contributed by atoms with van der Waals surface area (Å²) < 4.78 is 0. The topological polar surface area (TPSA) is 24.9 Å². The van der Waals surface area contributed by atoms with Crippen LogP contribution >= 0.6 is 0 Å². The summed E-state index contributed by atoms with van der Waals surface area (Å²) >= 11 is 0. The molecule has 66 valence electrons. The van der Waals surface area contributed by atoms with Crippen molar-refractivity contribution in [2.24, 2.45) is 0 Å². The maximum Gasteiger partial charge on any atom is 0.0292 e. The van der Waals surface area contributed by atoms with Crippen LogP contribution in [0.2, 0.25) is 0 Å². The third kappa shape index (κ3) is 2.62. The first kappa shape index (κ1) is 9.20. The zero-order chi connectivity index (χ0) is 8.81. The molecule has 1 heterocycles. The van der Waals surface area contributed by atoms with Crippen molar-refractivity contribution in [3.8, 4) is 0 Å². The lowest BCUT2D eigenvalue weighted by molar-refractivity contribution is 0.570. The summed E-state index contributed by atoms with van der Waals surface area (Å²) in [7, 11) is 0. The fourth-order valence-electron chi connectivity index (χ4n) is 1.13. The molecule has 0 saturated heterocycles. The summed E-state index contributed by atoms with van der Waals surface area (Å²) in [5.41, 5.74) is 1.30. The molecule has 0 aliphatic carbocycles. The molecule has 1 aromatic heterocycles. The van der Waals surface area contributed by atoms with E-state index in [2.05, 4.69) is 24.1 Å². The minimum atomic E-state index is 0.438. The molecule has 2 nitrogen and oxygen atoms in total. The van der Waals surface area contributed by atoms with Gasteiger partial charge in [-0.15, -0.1) is 0 Å². The molecule has 1 N–H and O–H groups in total. The van der Waals surface area contributed by atoms with E-state index in [4.69, 9.17) is 0 Å². The lowest BCUT2D eigenvalue weighted by atomic mass is 10.1. The number of hydrogen-bond donors (Lipinski definition) is 1. The van der Waals surface area contributed by atoms with Gasteiger partial charge in [-0.2, -0.15) is 0 Å². The first-order valence-corrected chi connectivity index (χ1v) is 4.48. The van der Waals surface area contributed by atoms with Gasteiger partial charge in [0.05, 0.1) is 0 Å². The van der Waals surface area contributed by atoms with Crippen molar-refractivity contribution in [2.75, 3.05) is 6.54 Å². The van der Waals surface area contributed by atoms with Gasteiger partial charge < -0.3 is 5.32 Å². The van der Waals surface area contributed by atoms with Gasteiger partial charge in [-0.1, -0.05) is 6.92 Å². The number of aromatic nitrogens is 1. The van der Waals surface area contributed by atoms with Crippen molar-refractivity contribution in [1.82, 2.24) is 10.3 Å². The predicted molar refractivity (Wildman–Crippen MR) is 50.9 cm³/mol. The Hall–Kier alpha value is -0.890. The largest absolute Gasteiger partial charge is 0.310 e. The fraction of sp³-hybridized carbons (Fsp3) is 0.500. The number of rotatable bonds is 4. The van der Waals surface area contributed by atoms with Crippen molar-refractivity contribution in [3.05, 3.63) is 30.1 Å². The van der Waals surface area contributed by atoms with Crippen molar-refractivity contribution >= 4 is 0 Å². The van der Waals surface area contributed by atoms with Crippen LogP contribution < -0.4 is 5.32 Å². The Balaban J connectivity index is 2.48. The van der Waals surface area contributed by atoms with Gasteiger partial charge in [-0.05, 0) is 37.6 Å². The van der Waals surface area contributed by atoms with Crippen LogP contribution in [0.5, 0.6) is 0 Å². The molecule has 0 bridgehead atoms. The SMILES string of the molecule is CCCN[C@@H](C)c1ccncc1. The van der Waals surface area contributed by atoms with E-state index >= 15 is 0 Å². The van der Waals surface area contributed by atoms with E-state index in [1.165, 1.54) is 12.0 Å². The van der Waals surface area contributed by atoms with Crippen LogP contribution in [0.25, 0.3) is 0 Å². The summed E-state index contributed by atoms with van der Waals surface area (Å²) in [6.07, 6.45) is 4.84. The summed E-state index contributed by atoms with van der Waals surface area (Å²) in [6.45, 7) is 5.42. The first-order chi connectivity index (χ1) is 5.84. The van der Waals surface area contributed by atoms with Gasteiger partial charge in [0.1, 0.15) is 0 Å². The lowest BCUT2D eigenvalue weighted by Crippen LogP contribution is -2.19. The molecule has 1 atom stereocenters. The third-order valence-corrected chi connectivity index (χ3v) is 1.91. The minimum Gasteiger partial charge on any atom is -0.310 e. The molecule has 0 radical (unpaired) electrons. The monoisotopic (exact) mass is 164 g/mol. The Kier molecular flexibility index (Phi) is 3.74. The molecule has 0 aliphatic heterocycles. The van der Waals surface area contributed by atoms with Gasteiger partial charge in [-0.25, -0.2) is 0 Å². The van der Waals surface area contributed by atoms with Gasteiger partial charge in [0, 0.05) is 18.4 Å². The Morgan fingerprint density at radius 3 is 2.67 bits per heavy atom. The highest BCUT2D eigenvalue weighted by atomic mass is 14.9. The lowest BCUT2D eigenvalue weighted by Gasteiger charge is -2.12. The molecule has 2 heteroatoms. The summed E-state index contributed by atoms with van der Waals surface area (Å²) in [6, 6.07) is 4.54. The van der Waals surface area contributed by atoms with Gasteiger partial charge >= 0.3 is 0 Å². The van der Waals surface area contributed by atoms with Crippen LogP contribution in [0.1, 0.15) is 31.9 Å². The minimum absolute atomic E-state index is 0.438. The highest BCUT2D eigenvalue weighted by molar-refractivity contribution is 5.13. The van der Waals surface area contributed by atoms with Crippen LogP contribution in [-0.2, 0) is 0 Å². The Morgan fingerprint density at radius 2 is 2.08 bits per heavy atom. The van der Waals surface area contributed by atoms with Crippen LogP contribution in [0.3, 0.4) is 0 Å². The second kappa shape index (κ2) is 4.88. The number of nitrogens with zero attached hydrogens (tertiary/aromatic N) is 1. The maximum atomic E-state index is 3.98. The van der Waals surface area contributed by atoms with Crippen LogP contribution in [0.4, 0.5) is 0 Å². The molecule has 0 aromatic carbocycles. The molecule has 1 rings (SSSR count). The standard InChI is InChI=1S/C10H16N2/c1-3-6-12-9(2)10-4-7-11-8-5-10/h4-5,7-9,12H,3,6H2,1-2H3/t9-/m0/s1. The fourth-order valence-corrected chi connectivity index (χ4v) is 1.13. The molecule has 0 unspecified atom stereocenters. The van der Waals surface area contributed by atoms with Crippen molar-refractivity contribution in [3.63, 3.8) is 0 Å². The molecule has 12 heavy (non-hydrogen) atoms. The Morgan fingerprint density at radius 1 is 1.42 bits per heavy atom. The number of pyridine rings is 1. The highest BCUT2D eigenvalue weighted by Gasteiger charge is 2.01. The van der Waals surface area contributed by atoms with Crippen molar-refractivity contribution in [1.29, 1.82) is 0 Å². The van der Waals surface area contributed by atoms with Crippen molar-refractivity contribution in [2.45, 2.75) is 26.3 Å².